The Morgan fingerprint density at radius 2 is 1.84 bits per heavy atom. The lowest BCUT2D eigenvalue weighted by atomic mass is 9.87. The lowest BCUT2D eigenvalue weighted by Gasteiger charge is -2.36. The zero-order chi connectivity index (χ0) is 23.7. The summed E-state index contributed by atoms with van der Waals surface area (Å²) in [5.74, 6) is 0.0764. The van der Waals surface area contributed by atoms with Crippen molar-refractivity contribution in [2.45, 2.75) is 46.1 Å². The molecule has 32 heavy (non-hydrogen) atoms. The van der Waals surface area contributed by atoms with Gasteiger partial charge in [-0.25, -0.2) is 0 Å². The molecule has 2 rings (SSSR count). The third-order valence-corrected chi connectivity index (χ3v) is 5.55. The van der Waals surface area contributed by atoms with E-state index in [2.05, 4.69) is 10.6 Å². The number of nitrogens with zero attached hydrogens (tertiary/aromatic N) is 1. The van der Waals surface area contributed by atoms with Crippen molar-refractivity contribution in [1.29, 1.82) is 0 Å². The van der Waals surface area contributed by atoms with Gasteiger partial charge in [-0.05, 0) is 42.4 Å². The summed E-state index contributed by atoms with van der Waals surface area (Å²) in [6.07, 6.45) is 1.79. The van der Waals surface area contributed by atoms with Crippen LogP contribution in [0.1, 0.15) is 50.4 Å². The normalized spacial score (nSPS) is 15.7. The maximum atomic E-state index is 12.9. The zero-order valence-corrected chi connectivity index (χ0v) is 19.9. The summed E-state index contributed by atoms with van der Waals surface area (Å²) in [5, 5.41) is 5.75. The van der Waals surface area contributed by atoms with E-state index >= 15 is 0 Å². The largest absolute Gasteiger partial charge is 0.497 e. The molecule has 1 heterocycles. The van der Waals surface area contributed by atoms with E-state index in [0.29, 0.717) is 56.8 Å². The molecule has 1 atom stereocenters. The van der Waals surface area contributed by atoms with Crippen LogP contribution in [-0.2, 0) is 14.3 Å². The Morgan fingerprint density at radius 3 is 2.44 bits per heavy atom. The minimum absolute atomic E-state index is 0.0641. The first-order valence-electron chi connectivity index (χ1n) is 11.1. The molecule has 1 aliphatic heterocycles. The Bertz CT molecular complexity index is 782. The lowest BCUT2D eigenvalue weighted by Crippen LogP contribution is -2.54. The van der Waals surface area contributed by atoms with Gasteiger partial charge in [-0.15, -0.1) is 0 Å². The third kappa shape index (κ3) is 7.82. The fourth-order valence-corrected chi connectivity index (χ4v) is 3.82. The van der Waals surface area contributed by atoms with Crippen LogP contribution in [0.4, 0.5) is 0 Å². The van der Waals surface area contributed by atoms with Crippen LogP contribution < -0.4 is 15.4 Å². The molecule has 1 aromatic carbocycles. The average molecular weight is 448 g/mol. The molecule has 0 radical (unpaired) electrons. The molecule has 0 unspecified atom stereocenters. The molecular formula is C24H37N3O5. The molecule has 1 aliphatic rings. The quantitative estimate of drug-likeness (QED) is 0.566. The molecule has 1 fully saturated rings. The number of hydrogen-bond donors (Lipinski definition) is 2. The second-order valence-corrected chi connectivity index (χ2v) is 9.42. The van der Waals surface area contributed by atoms with Gasteiger partial charge in [0.1, 0.15) is 11.8 Å². The zero-order valence-electron chi connectivity index (χ0n) is 19.9. The Kier molecular flexibility index (Phi) is 9.50. The van der Waals surface area contributed by atoms with Gasteiger partial charge in [0.25, 0.3) is 5.91 Å². The fourth-order valence-electron chi connectivity index (χ4n) is 3.82. The number of likely N-dealkylation sites (tertiary alicyclic amines) is 1. The molecule has 0 spiro atoms. The number of methoxy groups -OCH3 is 2. The summed E-state index contributed by atoms with van der Waals surface area (Å²) in [6.45, 7) is 8.06. The van der Waals surface area contributed by atoms with Crippen LogP contribution in [0.2, 0.25) is 0 Å². The number of carbonyl (C=O) groups is 3. The van der Waals surface area contributed by atoms with Gasteiger partial charge in [0.2, 0.25) is 11.8 Å². The van der Waals surface area contributed by atoms with Gasteiger partial charge in [-0.1, -0.05) is 26.8 Å². The van der Waals surface area contributed by atoms with Crippen LogP contribution in [0, 0.1) is 11.3 Å². The van der Waals surface area contributed by atoms with E-state index in [-0.39, 0.29) is 29.1 Å². The Morgan fingerprint density at radius 1 is 1.16 bits per heavy atom. The van der Waals surface area contributed by atoms with Crippen molar-refractivity contribution < 1.29 is 23.9 Å². The van der Waals surface area contributed by atoms with E-state index in [1.807, 2.05) is 25.7 Å². The highest BCUT2D eigenvalue weighted by Crippen LogP contribution is 2.25. The van der Waals surface area contributed by atoms with Crippen molar-refractivity contribution in [1.82, 2.24) is 15.5 Å². The van der Waals surface area contributed by atoms with Gasteiger partial charge in [-0.2, -0.15) is 0 Å². The van der Waals surface area contributed by atoms with Gasteiger partial charge in [0, 0.05) is 38.7 Å². The highest BCUT2D eigenvalue weighted by molar-refractivity contribution is 5.98. The molecule has 2 N–H and O–H groups in total. The van der Waals surface area contributed by atoms with Crippen LogP contribution in [0.3, 0.4) is 0 Å². The first-order chi connectivity index (χ1) is 15.1. The summed E-state index contributed by atoms with van der Waals surface area (Å²) in [7, 11) is 3.11. The standard InChI is InChI=1S/C24H37N3O5/c1-24(2,3)16-20(28)27-12-9-17(10-13-27)21(23(30)25-11-14-31-4)26-22(29)18-7-6-8-19(15-18)32-5/h6-8,15,17,21H,9-14,16H2,1-5H3,(H,25,30)(H,26,29)/t21-/m0/s1. The number of benzene rings is 1. The van der Waals surface area contributed by atoms with E-state index in [1.54, 1.807) is 31.4 Å². The Hall–Kier alpha value is -2.61. The van der Waals surface area contributed by atoms with Gasteiger partial charge < -0.3 is 25.0 Å². The molecule has 3 amide bonds. The molecule has 0 saturated carbocycles. The number of amides is 3. The lowest BCUT2D eigenvalue weighted by molar-refractivity contribution is -0.134. The van der Waals surface area contributed by atoms with Crippen molar-refractivity contribution in [3.8, 4) is 5.75 Å². The predicted octanol–water partition coefficient (Wildman–Crippen LogP) is 2.23. The summed E-state index contributed by atoms with van der Waals surface area (Å²) in [5.41, 5.74) is 0.361. The van der Waals surface area contributed by atoms with E-state index in [9.17, 15) is 14.4 Å². The molecule has 0 aliphatic carbocycles. The monoisotopic (exact) mass is 447 g/mol. The highest BCUT2D eigenvalue weighted by atomic mass is 16.5. The number of piperidine rings is 1. The smallest absolute Gasteiger partial charge is 0.252 e. The second kappa shape index (κ2) is 11.9. The minimum Gasteiger partial charge on any atom is -0.497 e. The van der Waals surface area contributed by atoms with Crippen LogP contribution >= 0.6 is 0 Å². The Balaban J connectivity index is 2.07. The predicted molar refractivity (Wildman–Crippen MR) is 123 cm³/mol. The van der Waals surface area contributed by atoms with E-state index in [0.717, 1.165) is 0 Å². The van der Waals surface area contributed by atoms with Crippen molar-refractivity contribution in [3.05, 3.63) is 29.8 Å². The van der Waals surface area contributed by atoms with Crippen LogP contribution in [0.25, 0.3) is 0 Å². The van der Waals surface area contributed by atoms with Crippen LogP contribution in [0.5, 0.6) is 5.75 Å². The summed E-state index contributed by atoms with van der Waals surface area (Å²) < 4.78 is 10.2. The van der Waals surface area contributed by atoms with Crippen molar-refractivity contribution in [2.75, 3.05) is 40.5 Å². The first-order valence-corrected chi connectivity index (χ1v) is 11.1. The molecule has 8 heteroatoms. The number of nitrogens with one attached hydrogen (secondary N) is 2. The van der Waals surface area contributed by atoms with E-state index < -0.39 is 6.04 Å². The molecule has 0 bridgehead atoms. The maximum Gasteiger partial charge on any atom is 0.252 e. The number of rotatable bonds is 9. The average Bonchev–Trinajstić information content (AvgIpc) is 2.76. The summed E-state index contributed by atoms with van der Waals surface area (Å²) >= 11 is 0. The van der Waals surface area contributed by atoms with Crippen LogP contribution in [-0.4, -0.2) is 69.1 Å². The first kappa shape index (κ1) is 25.6. The third-order valence-electron chi connectivity index (χ3n) is 5.55. The van der Waals surface area contributed by atoms with Gasteiger partial charge >= 0.3 is 0 Å². The van der Waals surface area contributed by atoms with Crippen LogP contribution in [0.15, 0.2) is 24.3 Å². The van der Waals surface area contributed by atoms with Crippen molar-refractivity contribution >= 4 is 17.7 Å². The van der Waals surface area contributed by atoms with Gasteiger partial charge in [0.05, 0.1) is 13.7 Å². The number of ether oxygens (including phenoxy) is 2. The number of carbonyl (C=O) groups excluding carboxylic acids is 3. The topological polar surface area (TPSA) is 97.0 Å². The molecule has 178 valence electrons. The second-order valence-electron chi connectivity index (χ2n) is 9.42. The van der Waals surface area contributed by atoms with Crippen molar-refractivity contribution in [2.24, 2.45) is 11.3 Å². The Labute approximate surface area is 191 Å². The van der Waals surface area contributed by atoms with E-state index in [4.69, 9.17) is 9.47 Å². The minimum atomic E-state index is -0.689. The highest BCUT2D eigenvalue weighted by Gasteiger charge is 2.34. The van der Waals surface area contributed by atoms with Gasteiger partial charge in [-0.3, -0.25) is 14.4 Å². The number of hydrogen-bond acceptors (Lipinski definition) is 5. The SMILES string of the molecule is COCCNC(=O)[C@@H](NC(=O)c1cccc(OC)c1)C1CCN(C(=O)CC(C)(C)C)CC1. The van der Waals surface area contributed by atoms with E-state index in [1.165, 1.54) is 7.11 Å². The molecule has 0 aromatic heterocycles. The maximum absolute atomic E-state index is 12.9. The summed E-state index contributed by atoms with van der Waals surface area (Å²) in [4.78, 5) is 40.3. The fraction of sp³-hybridized carbons (Fsp3) is 0.625. The molecule has 8 nitrogen and oxygen atoms in total. The molecule has 1 aromatic rings. The molecule has 1 saturated heterocycles. The van der Waals surface area contributed by atoms with Crippen molar-refractivity contribution in [3.63, 3.8) is 0 Å². The molecular weight excluding hydrogens is 410 g/mol. The summed E-state index contributed by atoms with van der Waals surface area (Å²) in [6, 6.07) is 6.14. The van der Waals surface area contributed by atoms with Gasteiger partial charge in [0.15, 0.2) is 0 Å².